The lowest BCUT2D eigenvalue weighted by Crippen LogP contribution is -2.41. The van der Waals surface area contributed by atoms with Crippen molar-refractivity contribution in [3.8, 4) is 0 Å². The second-order valence-electron chi connectivity index (χ2n) is 7.13. The predicted molar refractivity (Wildman–Crippen MR) is 109 cm³/mol. The third-order valence-electron chi connectivity index (χ3n) is 5.54. The monoisotopic (exact) mass is 399 g/mol. The number of fused-ring (bicyclic) bond motifs is 1. The van der Waals surface area contributed by atoms with Gasteiger partial charge in [-0.05, 0) is 43.9 Å². The smallest absolute Gasteiger partial charge is 0.262 e. The molecule has 1 amide bonds. The van der Waals surface area contributed by atoms with E-state index in [4.69, 9.17) is 0 Å². The largest absolute Gasteiger partial charge is 0.338 e. The van der Waals surface area contributed by atoms with E-state index in [1.54, 1.807) is 39.3 Å². The lowest BCUT2D eigenvalue weighted by molar-refractivity contribution is 0.0688. The van der Waals surface area contributed by atoms with Gasteiger partial charge in [-0.1, -0.05) is 19.1 Å². The SMILES string of the molecule is CCc1c(C)sc2ncn(C3CCN(C(=O)c4ccccc4F)CC3)c(=O)c12. The second kappa shape index (κ2) is 7.47. The Morgan fingerprint density at radius 1 is 1.29 bits per heavy atom. The van der Waals surface area contributed by atoms with Gasteiger partial charge >= 0.3 is 0 Å². The molecule has 2 aromatic heterocycles. The molecule has 1 saturated heterocycles. The third kappa shape index (κ3) is 3.13. The summed E-state index contributed by atoms with van der Waals surface area (Å²) in [6.07, 6.45) is 3.75. The van der Waals surface area contributed by atoms with Crippen LogP contribution in [-0.2, 0) is 6.42 Å². The molecule has 1 aromatic carbocycles. The minimum absolute atomic E-state index is 0.000942. The standard InChI is InChI=1S/C21H22FN3O2S/c1-3-15-13(2)28-19-18(15)21(27)25(12-23-19)14-8-10-24(11-9-14)20(26)16-6-4-5-7-17(16)22/h4-7,12,14H,3,8-11H2,1-2H3. The fourth-order valence-corrected chi connectivity index (χ4v) is 5.08. The molecule has 0 aliphatic carbocycles. The summed E-state index contributed by atoms with van der Waals surface area (Å²) in [4.78, 5) is 33.8. The number of carbonyl (C=O) groups is 1. The molecule has 0 saturated carbocycles. The van der Waals surface area contributed by atoms with E-state index in [1.807, 2.05) is 6.92 Å². The van der Waals surface area contributed by atoms with Crippen molar-refractivity contribution in [3.05, 3.63) is 62.8 Å². The van der Waals surface area contributed by atoms with E-state index < -0.39 is 5.82 Å². The van der Waals surface area contributed by atoms with Crippen LogP contribution in [0, 0.1) is 12.7 Å². The molecular formula is C21H22FN3O2S. The Kier molecular flexibility index (Phi) is 5.02. The van der Waals surface area contributed by atoms with Crippen LogP contribution in [0.15, 0.2) is 35.4 Å². The molecule has 0 unspecified atom stereocenters. The van der Waals surface area contributed by atoms with Gasteiger partial charge in [0.15, 0.2) is 0 Å². The molecular weight excluding hydrogens is 377 g/mol. The number of benzene rings is 1. The van der Waals surface area contributed by atoms with Crippen LogP contribution in [0.4, 0.5) is 4.39 Å². The van der Waals surface area contributed by atoms with Gasteiger partial charge in [0.05, 0.1) is 17.3 Å². The molecule has 1 fully saturated rings. The average molecular weight is 399 g/mol. The van der Waals surface area contributed by atoms with E-state index in [9.17, 15) is 14.0 Å². The first-order valence-electron chi connectivity index (χ1n) is 9.54. The number of hydrogen-bond acceptors (Lipinski definition) is 4. The zero-order valence-electron chi connectivity index (χ0n) is 15.9. The highest BCUT2D eigenvalue weighted by atomic mass is 32.1. The third-order valence-corrected chi connectivity index (χ3v) is 6.60. The van der Waals surface area contributed by atoms with Crippen LogP contribution in [0.5, 0.6) is 0 Å². The van der Waals surface area contributed by atoms with Gasteiger partial charge in [0, 0.05) is 24.0 Å². The minimum Gasteiger partial charge on any atom is -0.338 e. The molecule has 0 atom stereocenters. The number of thiophene rings is 1. The molecule has 5 nitrogen and oxygen atoms in total. The van der Waals surface area contributed by atoms with Gasteiger partial charge in [-0.25, -0.2) is 9.37 Å². The average Bonchev–Trinajstić information content (AvgIpc) is 3.04. The number of aryl methyl sites for hydroxylation is 2. The van der Waals surface area contributed by atoms with Crippen molar-refractivity contribution in [3.63, 3.8) is 0 Å². The molecule has 3 aromatic rings. The van der Waals surface area contributed by atoms with Crippen molar-refractivity contribution in [2.24, 2.45) is 0 Å². The van der Waals surface area contributed by atoms with Gasteiger partial charge in [-0.2, -0.15) is 0 Å². The van der Waals surface area contributed by atoms with Crippen molar-refractivity contribution in [1.82, 2.24) is 14.5 Å². The van der Waals surface area contributed by atoms with Crippen LogP contribution in [0.25, 0.3) is 10.2 Å². The van der Waals surface area contributed by atoms with E-state index >= 15 is 0 Å². The summed E-state index contributed by atoms with van der Waals surface area (Å²) < 4.78 is 15.6. The van der Waals surface area contributed by atoms with Gasteiger partial charge < -0.3 is 4.90 Å². The highest BCUT2D eigenvalue weighted by Gasteiger charge is 2.27. The number of rotatable bonds is 3. The van der Waals surface area contributed by atoms with Crippen molar-refractivity contribution >= 4 is 27.5 Å². The van der Waals surface area contributed by atoms with Crippen molar-refractivity contribution < 1.29 is 9.18 Å². The molecule has 146 valence electrons. The quantitative estimate of drug-likeness (QED) is 0.670. The van der Waals surface area contributed by atoms with Crippen LogP contribution in [0.1, 0.15) is 46.6 Å². The van der Waals surface area contributed by atoms with Gasteiger partial charge in [0.2, 0.25) is 0 Å². The summed E-state index contributed by atoms with van der Waals surface area (Å²) in [7, 11) is 0. The molecule has 0 radical (unpaired) electrons. The van der Waals surface area contributed by atoms with Crippen molar-refractivity contribution in [2.45, 2.75) is 39.2 Å². The number of hydrogen-bond donors (Lipinski definition) is 0. The summed E-state index contributed by atoms with van der Waals surface area (Å²) in [6, 6.07) is 6.05. The van der Waals surface area contributed by atoms with E-state index in [-0.39, 0.29) is 23.1 Å². The zero-order valence-corrected chi connectivity index (χ0v) is 16.8. The first-order valence-corrected chi connectivity index (χ1v) is 10.4. The van der Waals surface area contributed by atoms with Crippen LogP contribution in [0.3, 0.4) is 0 Å². The number of piperidine rings is 1. The normalized spacial score (nSPS) is 15.3. The highest BCUT2D eigenvalue weighted by Crippen LogP contribution is 2.29. The summed E-state index contributed by atoms with van der Waals surface area (Å²) in [5.74, 6) is -0.792. The number of amides is 1. The van der Waals surface area contributed by atoms with Gasteiger partial charge in [-0.3, -0.25) is 14.2 Å². The molecule has 4 rings (SSSR count). The first-order chi connectivity index (χ1) is 13.5. The Labute approximate surface area is 166 Å². The second-order valence-corrected chi connectivity index (χ2v) is 8.33. The van der Waals surface area contributed by atoms with E-state index in [1.165, 1.54) is 12.1 Å². The maximum absolute atomic E-state index is 13.9. The number of aromatic nitrogens is 2. The van der Waals surface area contributed by atoms with Crippen LogP contribution in [-0.4, -0.2) is 33.4 Å². The summed E-state index contributed by atoms with van der Waals surface area (Å²) >= 11 is 1.56. The maximum atomic E-state index is 13.9. The molecule has 1 aliphatic rings. The van der Waals surface area contributed by atoms with Gasteiger partial charge in [0.1, 0.15) is 10.6 Å². The molecule has 1 aliphatic heterocycles. The Hall–Kier alpha value is -2.54. The highest BCUT2D eigenvalue weighted by molar-refractivity contribution is 7.18. The van der Waals surface area contributed by atoms with Gasteiger partial charge in [-0.15, -0.1) is 11.3 Å². The van der Waals surface area contributed by atoms with E-state index in [0.29, 0.717) is 25.9 Å². The number of likely N-dealkylation sites (tertiary alicyclic amines) is 1. The fraction of sp³-hybridized carbons (Fsp3) is 0.381. The van der Waals surface area contributed by atoms with Crippen LogP contribution < -0.4 is 5.56 Å². The Balaban J connectivity index is 1.56. The van der Waals surface area contributed by atoms with Crippen LogP contribution in [0.2, 0.25) is 0 Å². The topological polar surface area (TPSA) is 55.2 Å². The van der Waals surface area contributed by atoms with E-state index in [0.717, 1.165) is 27.1 Å². The van der Waals surface area contributed by atoms with Crippen molar-refractivity contribution in [1.29, 1.82) is 0 Å². The summed E-state index contributed by atoms with van der Waals surface area (Å²) in [5.41, 5.74) is 1.19. The summed E-state index contributed by atoms with van der Waals surface area (Å²) in [5, 5.41) is 0.734. The Bertz CT molecular complexity index is 1100. The summed E-state index contributed by atoms with van der Waals surface area (Å²) in [6.45, 7) is 5.07. The number of nitrogens with zero attached hydrogens (tertiary/aromatic N) is 3. The lowest BCUT2D eigenvalue weighted by atomic mass is 10.0. The molecule has 0 bridgehead atoms. The maximum Gasteiger partial charge on any atom is 0.262 e. The van der Waals surface area contributed by atoms with Crippen LogP contribution >= 0.6 is 11.3 Å². The minimum atomic E-state index is -0.500. The van der Waals surface area contributed by atoms with Gasteiger partial charge in [0.25, 0.3) is 11.5 Å². The molecule has 3 heterocycles. The number of halogens is 1. The molecule has 7 heteroatoms. The van der Waals surface area contributed by atoms with Crippen molar-refractivity contribution in [2.75, 3.05) is 13.1 Å². The first kappa shape index (κ1) is 18.8. The fourth-order valence-electron chi connectivity index (χ4n) is 4.01. The number of carbonyl (C=O) groups excluding carboxylic acids is 1. The van der Waals surface area contributed by atoms with E-state index in [2.05, 4.69) is 11.9 Å². The zero-order chi connectivity index (χ0) is 19.8. The Morgan fingerprint density at radius 3 is 2.68 bits per heavy atom. The Morgan fingerprint density at radius 2 is 2.00 bits per heavy atom. The lowest BCUT2D eigenvalue weighted by Gasteiger charge is -2.32. The molecule has 28 heavy (non-hydrogen) atoms. The molecule has 0 N–H and O–H groups in total. The molecule has 0 spiro atoms. The predicted octanol–water partition coefficient (Wildman–Crippen LogP) is 3.95.